The zero-order valence-corrected chi connectivity index (χ0v) is 19.4. The number of hydrogen-bond donors (Lipinski definition) is 1. The van der Waals surface area contributed by atoms with Crippen LogP contribution in [-0.4, -0.2) is 15.5 Å². The molecule has 1 amide bonds. The Morgan fingerprint density at radius 3 is 2.71 bits per heavy atom. The van der Waals surface area contributed by atoms with E-state index in [1.807, 2.05) is 50.2 Å². The molecule has 0 fully saturated rings. The molecule has 0 saturated carbocycles. The molecule has 0 aliphatic heterocycles. The number of hydrogen-bond acceptors (Lipinski definition) is 3. The van der Waals surface area contributed by atoms with E-state index in [4.69, 9.17) is 4.98 Å². The number of fused-ring (bicyclic) bond motifs is 2. The van der Waals surface area contributed by atoms with Crippen molar-refractivity contribution >= 4 is 28.7 Å². The van der Waals surface area contributed by atoms with Gasteiger partial charge in [-0.15, -0.1) is 0 Å². The maximum Gasteiger partial charge on any atom is 0.248 e. The fraction of sp³-hybridized carbons (Fsp3) is 0.207. The second-order valence-corrected chi connectivity index (χ2v) is 8.82. The summed E-state index contributed by atoms with van der Waals surface area (Å²) >= 11 is 0. The maximum absolute atomic E-state index is 12.7. The Morgan fingerprint density at radius 1 is 1.15 bits per heavy atom. The third kappa shape index (κ3) is 3.88. The van der Waals surface area contributed by atoms with Gasteiger partial charge >= 0.3 is 0 Å². The maximum atomic E-state index is 12.7. The lowest BCUT2D eigenvalue weighted by Crippen LogP contribution is -2.19. The van der Waals surface area contributed by atoms with E-state index < -0.39 is 0 Å². The molecule has 34 heavy (non-hydrogen) atoms. The van der Waals surface area contributed by atoms with Gasteiger partial charge in [-0.1, -0.05) is 42.5 Å². The number of aromatic nitrogens is 2. The summed E-state index contributed by atoms with van der Waals surface area (Å²) in [5.74, 6) is -0.239. The van der Waals surface area contributed by atoms with Gasteiger partial charge in [0.25, 0.3) is 0 Å². The molecule has 1 N–H and O–H groups in total. The van der Waals surface area contributed by atoms with Gasteiger partial charge in [-0.2, -0.15) is 5.26 Å². The lowest BCUT2D eigenvalue weighted by atomic mass is 9.87. The van der Waals surface area contributed by atoms with Crippen LogP contribution in [0.1, 0.15) is 52.5 Å². The number of benzene rings is 2. The summed E-state index contributed by atoms with van der Waals surface area (Å²) in [5, 5.41) is 13.9. The van der Waals surface area contributed by atoms with Crippen LogP contribution in [0.15, 0.2) is 66.7 Å². The fourth-order valence-corrected chi connectivity index (χ4v) is 5.11. The van der Waals surface area contributed by atoms with E-state index in [1.54, 1.807) is 6.08 Å². The molecule has 5 rings (SSSR count). The van der Waals surface area contributed by atoms with Crippen LogP contribution in [-0.2, 0) is 11.2 Å². The molecular weight excluding hydrogens is 420 g/mol. The molecule has 0 unspecified atom stereocenters. The molecule has 1 aliphatic rings. The zero-order chi connectivity index (χ0) is 23.7. The first kappa shape index (κ1) is 21.7. The summed E-state index contributed by atoms with van der Waals surface area (Å²) in [4.78, 5) is 17.6. The Bertz CT molecular complexity index is 1460. The van der Waals surface area contributed by atoms with Gasteiger partial charge in [0.15, 0.2) is 0 Å². The van der Waals surface area contributed by atoms with E-state index in [9.17, 15) is 10.1 Å². The smallest absolute Gasteiger partial charge is 0.248 e. The molecule has 0 radical (unpaired) electrons. The third-order valence-corrected chi connectivity index (χ3v) is 6.51. The van der Waals surface area contributed by atoms with Gasteiger partial charge in [0.2, 0.25) is 5.91 Å². The third-order valence-electron chi connectivity index (χ3n) is 6.51. The van der Waals surface area contributed by atoms with Crippen LogP contribution < -0.4 is 5.32 Å². The van der Waals surface area contributed by atoms with Crippen molar-refractivity contribution in [3.8, 4) is 6.07 Å². The van der Waals surface area contributed by atoms with Crippen molar-refractivity contribution in [1.29, 1.82) is 5.26 Å². The van der Waals surface area contributed by atoms with Gasteiger partial charge < -0.3 is 9.88 Å². The normalized spacial score (nSPS) is 15.3. The average Bonchev–Trinajstić information content (AvgIpc) is 3.16. The van der Waals surface area contributed by atoms with Crippen molar-refractivity contribution in [2.75, 3.05) is 5.32 Å². The quantitative estimate of drug-likeness (QED) is 0.385. The van der Waals surface area contributed by atoms with E-state index in [2.05, 4.69) is 40.2 Å². The number of nitrogens with zero attached hydrogens (tertiary/aromatic N) is 3. The van der Waals surface area contributed by atoms with Crippen molar-refractivity contribution < 1.29 is 4.79 Å². The molecule has 168 valence electrons. The molecule has 1 atom stereocenters. The van der Waals surface area contributed by atoms with Gasteiger partial charge in [-0.05, 0) is 74.1 Å². The monoisotopic (exact) mass is 446 g/mol. The Kier molecular flexibility index (Phi) is 5.73. The number of para-hydroxylation sites is 1. The van der Waals surface area contributed by atoms with Crippen LogP contribution in [0.4, 0.5) is 5.69 Å². The minimum Gasteiger partial charge on any atom is -0.323 e. The first-order chi connectivity index (χ1) is 16.6. The number of amides is 1. The molecule has 0 spiro atoms. The minimum atomic E-state index is -0.239. The van der Waals surface area contributed by atoms with Gasteiger partial charge in [0.05, 0.1) is 17.3 Å². The largest absolute Gasteiger partial charge is 0.323 e. The highest BCUT2D eigenvalue weighted by atomic mass is 16.1. The number of rotatable bonds is 4. The van der Waals surface area contributed by atoms with Crippen LogP contribution in [0.25, 0.3) is 17.1 Å². The standard InChI is InChI=1S/C29H26N4O/c1-19-17-20(2)31-29-28(19)24(18-30)26(15-16-27(34)32-22-11-4-3-5-12-22)33(29)25-14-8-10-21-9-6-7-13-23(21)25/h3-7,9,11-13,15-17,25H,8,10,14H2,1-2H3,(H,32,34)/b16-15+/t25-/m0/s1. The molecule has 4 aromatic rings. The molecule has 5 nitrogen and oxygen atoms in total. The Hall–Kier alpha value is -4.17. The van der Waals surface area contributed by atoms with Gasteiger partial charge in [-0.25, -0.2) is 4.98 Å². The summed E-state index contributed by atoms with van der Waals surface area (Å²) < 4.78 is 2.18. The number of anilines is 1. The highest BCUT2D eigenvalue weighted by molar-refractivity contribution is 6.03. The van der Waals surface area contributed by atoms with Crippen molar-refractivity contribution in [1.82, 2.24) is 9.55 Å². The van der Waals surface area contributed by atoms with E-state index >= 15 is 0 Å². The minimum absolute atomic E-state index is 0.0556. The molecule has 2 heterocycles. The highest BCUT2D eigenvalue weighted by Gasteiger charge is 2.28. The number of pyridine rings is 1. The lowest BCUT2D eigenvalue weighted by Gasteiger charge is -2.28. The van der Waals surface area contributed by atoms with Crippen LogP contribution in [0.2, 0.25) is 0 Å². The number of nitriles is 1. The van der Waals surface area contributed by atoms with E-state index in [0.717, 1.165) is 52.9 Å². The van der Waals surface area contributed by atoms with E-state index in [0.29, 0.717) is 5.56 Å². The number of carbonyl (C=O) groups is 1. The van der Waals surface area contributed by atoms with Crippen LogP contribution in [0.5, 0.6) is 0 Å². The average molecular weight is 447 g/mol. The Labute approximate surface area is 199 Å². The Balaban J connectivity index is 1.68. The van der Waals surface area contributed by atoms with Crippen LogP contribution >= 0.6 is 0 Å². The second kappa shape index (κ2) is 8.99. The lowest BCUT2D eigenvalue weighted by molar-refractivity contribution is -0.111. The SMILES string of the molecule is Cc1cc(C)c2c(C#N)c(/C=C/C(=O)Nc3ccccc3)n([C@H]3CCCc4ccccc43)c2n1. The molecule has 2 aromatic heterocycles. The number of carbonyl (C=O) groups excluding carboxylic acids is 1. The first-order valence-corrected chi connectivity index (χ1v) is 11.6. The van der Waals surface area contributed by atoms with E-state index in [-0.39, 0.29) is 11.9 Å². The van der Waals surface area contributed by atoms with E-state index in [1.165, 1.54) is 17.2 Å². The van der Waals surface area contributed by atoms with Crippen LogP contribution in [0.3, 0.4) is 0 Å². The Morgan fingerprint density at radius 2 is 1.91 bits per heavy atom. The predicted octanol–water partition coefficient (Wildman–Crippen LogP) is 6.10. The molecule has 0 bridgehead atoms. The summed E-state index contributed by atoms with van der Waals surface area (Å²) in [6.07, 6.45) is 6.34. The summed E-state index contributed by atoms with van der Waals surface area (Å²) in [7, 11) is 0. The van der Waals surface area contributed by atoms with Crippen LogP contribution in [0, 0.1) is 25.2 Å². The predicted molar refractivity (Wildman–Crippen MR) is 136 cm³/mol. The van der Waals surface area contributed by atoms with Crippen molar-refractivity contribution in [3.05, 3.63) is 100 Å². The van der Waals surface area contributed by atoms with Gasteiger partial charge in [-0.3, -0.25) is 4.79 Å². The summed E-state index contributed by atoms with van der Waals surface area (Å²) in [6.45, 7) is 4.00. The molecule has 0 saturated heterocycles. The first-order valence-electron chi connectivity index (χ1n) is 11.6. The molecule has 2 aromatic carbocycles. The van der Waals surface area contributed by atoms with Crippen molar-refractivity contribution in [2.24, 2.45) is 0 Å². The summed E-state index contributed by atoms with van der Waals surface area (Å²) in [6, 6.07) is 22.3. The number of nitrogens with one attached hydrogen (secondary N) is 1. The molecule has 5 heteroatoms. The molecule has 1 aliphatic carbocycles. The topological polar surface area (TPSA) is 70.7 Å². The highest BCUT2D eigenvalue weighted by Crippen LogP contribution is 2.39. The molecular formula is C29H26N4O. The fourth-order valence-electron chi connectivity index (χ4n) is 5.11. The second-order valence-electron chi connectivity index (χ2n) is 8.82. The zero-order valence-electron chi connectivity index (χ0n) is 19.4. The van der Waals surface area contributed by atoms with Crippen molar-refractivity contribution in [3.63, 3.8) is 0 Å². The van der Waals surface area contributed by atoms with Crippen molar-refractivity contribution in [2.45, 2.75) is 39.2 Å². The summed E-state index contributed by atoms with van der Waals surface area (Å²) in [5.41, 5.74) is 7.35. The van der Waals surface area contributed by atoms with Gasteiger partial charge in [0.1, 0.15) is 11.7 Å². The number of aryl methyl sites for hydroxylation is 3. The van der Waals surface area contributed by atoms with Gasteiger partial charge in [0, 0.05) is 22.8 Å².